The highest BCUT2D eigenvalue weighted by Crippen LogP contribution is 2.25. The molecule has 8 heteroatoms. The van der Waals surface area contributed by atoms with Crippen LogP contribution in [-0.4, -0.2) is 50.3 Å². The molecule has 0 rings (SSSR count). The van der Waals surface area contributed by atoms with Gasteiger partial charge in [0.2, 0.25) is 0 Å². The van der Waals surface area contributed by atoms with E-state index in [1.807, 2.05) is 27.7 Å². The topological polar surface area (TPSA) is 105 Å². The molecular formula is C28H50O8. The quantitative estimate of drug-likeness (QED) is 0.0938. The van der Waals surface area contributed by atoms with E-state index in [1.54, 1.807) is 0 Å². The van der Waals surface area contributed by atoms with Crippen molar-refractivity contribution < 1.29 is 38.1 Å². The number of ether oxygens (including phenoxy) is 4. The minimum atomic E-state index is -1.17. The van der Waals surface area contributed by atoms with Crippen LogP contribution >= 0.6 is 0 Å². The smallest absolute Gasteiger partial charge is 0.310 e. The summed E-state index contributed by atoms with van der Waals surface area (Å²) in [5, 5.41) is 0. The minimum Gasteiger partial charge on any atom is -0.466 e. The van der Waals surface area contributed by atoms with Crippen molar-refractivity contribution in [2.75, 3.05) is 26.4 Å². The fourth-order valence-electron chi connectivity index (χ4n) is 3.60. The van der Waals surface area contributed by atoms with E-state index < -0.39 is 35.7 Å². The van der Waals surface area contributed by atoms with Gasteiger partial charge in [0.15, 0.2) is 0 Å². The lowest BCUT2D eigenvalue weighted by Gasteiger charge is -2.23. The molecule has 0 aliphatic rings. The van der Waals surface area contributed by atoms with E-state index in [0.717, 1.165) is 64.2 Å². The first kappa shape index (κ1) is 33.9. The molecule has 0 N–H and O–H groups in total. The number of carbonyl (C=O) groups excluding carboxylic acids is 4. The highest BCUT2D eigenvalue weighted by molar-refractivity contribution is 5.88. The van der Waals surface area contributed by atoms with Crippen LogP contribution in [0.15, 0.2) is 0 Å². The van der Waals surface area contributed by atoms with Crippen molar-refractivity contribution in [3.8, 4) is 0 Å². The van der Waals surface area contributed by atoms with Crippen LogP contribution in [0.25, 0.3) is 0 Å². The summed E-state index contributed by atoms with van der Waals surface area (Å²) >= 11 is 0. The summed E-state index contributed by atoms with van der Waals surface area (Å²) in [6, 6.07) is 0. The molecule has 0 aromatic rings. The second kappa shape index (κ2) is 23.3. The monoisotopic (exact) mass is 514 g/mol. The van der Waals surface area contributed by atoms with E-state index in [1.165, 1.54) is 0 Å². The highest BCUT2D eigenvalue weighted by Gasteiger charge is 2.40. The second-order valence-electron chi connectivity index (χ2n) is 9.23. The number of esters is 4. The molecule has 210 valence electrons. The van der Waals surface area contributed by atoms with Gasteiger partial charge in [-0.25, -0.2) is 0 Å². The maximum absolute atomic E-state index is 13.0. The van der Waals surface area contributed by atoms with Crippen molar-refractivity contribution in [3.63, 3.8) is 0 Å². The van der Waals surface area contributed by atoms with Gasteiger partial charge < -0.3 is 18.9 Å². The maximum atomic E-state index is 13.0. The Morgan fingerprint density at radius 3 is 1.00 bits per heavy atom. The van der Waals surface area contributed by atoms with Crippen LogP contribution in [-0.2, 0) is 38.1 Å². The van der Waals surface area contributed by atoms with Crippen LogP contribution in [0.3, 0.4) is 0 Å². The summed E-state index contributed by atoms with van der Waals surface area (Å²) in [6.07, 6.45) is 9.63. The Kier molecular flexibility index (Phi) is 21.9. The number of hydrogen-bond acceptors (Lipinski definition) is 8. The molecule has 0 heterocycles. The Morgan fingerprint density at radius 2 is 0.722 bits per heavy atom. The standard InChI is InChI=1S/C28H50O8/c1-5-9-13-17-33-25(29)21-23(27(31)35-19-15-11-7-3)24(28(32)36-20-16-12-8-4)22-26(30)34-18-14-10-6-2/h23-24H,5-22H2,1-4H3. The average Bonchev–Trinajstić information content (AvgIpc) is 2.86. The van der Waals surface area contributed by atoms with Gasteiger partial charge in [-0.3, -0.25) is 19.2 Å². The van der Waals surface area contributed by atoms with Gasteiger partial charge in [-0.05, 0) is 25.7 Å². The number of rotatable bonds is 23. The average molecular weight is 515 g/mol. The molecule has 0 aliphatic carbocycles. The Bertz CT molecular complexity index is 552. The Hall–Kier alpha value is -2.12. The lowest BCUT2D eigenvalue weighted by atomic mass is 9.86. The molecule has 36 heavy (non-hydrogen) atoms. The summed E-state index contributed by atoms with van der Waals surface area (Å²) in [5.41, 5.74) is 0. The van der Waals surface area contributed by atoms with E-state index in [9.17, 15) is 19.2 Å². The first-order chi connectivity index (χ1) is 17.4. The van der Waals surface area contributed by atoms with Crippen LogP contribution < -0.4 is 0 Å². The van der Waals surface area contributed by atoms with Gasteiger partial charge in [-0.2, -0.15) is 0 Å². The van der Waals surface area contributed by atoms with Gasteiger partial charge in [0.25, 0.3) is 0 Å². The van der Waals surface area contributed by atoms with E-state index >= 15 is 0 Å². The molecule has 0 saturated heterocycles. The van der Waals surface area contributed by atoms with Gasteiger partial charge >= 0.3 is 23.9 Å². The molecule has 0 radical (unpaired) electrons. The minimum absolute atomic E-state index is 0.189. The van der Waals surface area contributed by atoms with E-state index in [4.69, 9.17) is 18.9 Å². The van der Waals surface area contributed by atoms with Crippen LogP contribution in [0.1, 0.15) is 118 Å². The van der Waals surface area contributed by atoms with Crippen LogP contribution in [0.5, 0.6) is 0 Å². The predicted molar refractivity (Wildman–Crippen MR) is 138 cm³/mol. The molecule has 0 saturated carbocycles. The lowest BCUT2D eigenvalue weighted by molar-refractivity contribution is -0.167. The molecule has 0 aromatic heterocycles. The van der Waals surface area contributed by atoms with Crippen molar-refractivity contribution >= 4 is 23.9 Å². The second-order valence-corrected chi connectivity index (χ2v) is 9.23. The van der Waals surface area contributed by atoms with E-state index in [2.05, 4.69) is 0 Å². The molecule has 0 aliphatic heterocycles. The first-order valence-electron chi connectivity index (χ1n) is 14.1. The number of unbranched alkanes of at least 4 members (excludes halogenated alkanes) is 8. The van der Waals surface area contributed by atoms with Crippen LogP contribution in [0.2, 0.25) is 0 Å². The molecule has 0 amide bonds. The fraction of sp³-hybridized carbons (Fsp3) is 0.857. The molecule has 0 spiro atoms. The van der Waals surface area contributed by atoms with Crippen molar-refractivity contribution in [2.24, 2.45) is 11.8 Å². The number of carbonyl (C=O) groups is 4. The van der Waals surface area contributed by atoms with Gasteiger partial charge in [-0.1, -0.05) is 79.1 Å². The summed E-state index contributed by atoms with van der Waals surface area (Å²) in [6.45, 7) is 9.04. The van der Waals surface area contributed by atoms with E-state index in [0.29, 0.717) is 12.8 Å². The van der Waals surface area contributed by atoms with Crippen LogP contribution in [0, 0.1) is 11.8 Å². The third-order valence-electron chi connectivity index (χ3n) is 5.87. The lowest BCUT2D eigenvalue weighted by Crippen LogP contribution is -2.36. The Morgan fingerprint density at radius 1 is 0.444 bits per heavy atom. The summed E-state index contributed by atoms with van der Waals surface area (Å²) in [4.78, 5) is 51.2. The summed E-state index contributed by atoms with van der Waals surface area (Å²) in [5.74, 6) is -4.92. The van der Waals surface area contributed by atoms with Gasteiger partial charge in [0.1, 0.15) is 0 Å². The van der Waals surface area contributed by atoms with Gasteiger partial charge in [-0.15, -0.1) is 0 Å². The predicted octanol–water partition coefficient (Wildman–Crippen LogP) is 5.93. The van der Waals surface area contributed by atoms with Crippen molar-refractivity contribution in [1.82, 2.24) is 0 Å². The SMILES string of the molecule is CCCCCOC(=O)CC(C(=O)OCCCCC)C(CC(=O)OCCCCC)C(=O)OCCCCC. The number of hydrogen-bond donors (Lipinski definition) is 0. The molecule has 2 unspecified atom stereocenters. The molecule has 0 aromatic carbocycles. The van der Waals surface area contributed by atoms with Crippen molar-refractivity contribution in [1.29, 1.82) is 0 Å². The normalized spacial score (nSPS) is 12.4. The van der Waals surface area contributed by atoms with Crippen molar-refractivity contribution in [2.45, 2.75) is 118 Å². The van der Waals surface area contributed by atoms with Crippen LogP contribution in [0.4, 0.5) is 0 Å². The first-order valence-corrected chi connectivity index (χ1v) is 14.1. The van der Waals surface area contributed by atoms with E-state index in [-0.39, 0.29) is 39.3 Å². The largest absolute Gasteiger partial charge is 0.466 e. The van der Waals surface area contributed by atoms with Crippen molar-refractivity contribution in [3.05, 3.63) is 0 Å². The molecule has 8 nitrogen and oxygen atoms in total. The molecule has 0 bridgehead atoms. The maximum Gasteiger partial charge on any atom is 0.310 e. The third-order valence-corrected chi connectivity index (χ3v) is 5.87. The fourth-order valence-corrected chi connectivity index (χ4v) is 3.60. The molecular weight excluding hydrogens is 464 g/mol. The molecule has 2 atom stereocenters. The zero-order chi connectivity index (χ0) is 27.0. The summed E-state index contributed by atoms with van der Waals surface area (Å²) < 4.78 is 21.4. The van der Waals surface area contributed by atoms with Gasteiger partial charge in [0.05, 0.1) is 51.1 Å². The highest BCUT2D eigenvalue weighted by atomic mass is 16.6. The molecule has 0 fully saturated rings. The zero-order valence-corrected chi connectivity index (χ0v) is 23.1. The van der Waals surface area contributed by atoms with Gasteiger partial charge in [0, 0.05) is 0 Å². The zero-order valence-electron chi connectivity index (χ0n) is 23.1. The summed E-state index contributed by atoms with van der Waals surface area (Å²) in [7, 11) is 0. The Balaban J connectivity index is 5.51. The third kappa shape index (κ3) is 17.3. The Labute approximate surface area is 218 Å².